The maximum atomic E-state index is 12.9. The molecule has 0 saturated carbocycles. The molecule has 0 fully saturated rings. The fourth-order valence-corrected chi connectivity index (χ4v) is 3.33. The van der Waals surface area contributed by atoms with Gasteiger partial charge in [-0.3, -0.25) is 24.0 Å². The maximum absolute atomic E-state index is 12.9. The van der Waals surface area contributed by atoms with Gasteiger partial charge in [-0.25, -0.2) is 4.79 Å². The fourth-order valence-electron chi connectivity index (χ4n) is 3.33. The van der Waals surface area contributed by atoms with Gasteiger partial charge in [0.1, 0.15) is 18.1 Å². The van der Waals surface area contributed by atoms with Gasteiger partial charge in [0.25, 0.3) is 0 Å². The second kappa shape index (κ2) is 15.9. The van der Waals surface area contributed by atoms with Crippen molar-refractivity contribution in [1.29, 1.82) is 0 Å². The highest BCUT2D eigenvalue weighted by Crippen LogP contribution is 2.07. The average molecular weight is 523 g/mol. The molecule has 0 saturated heterocycles. The van der Waals surface area contributed by atoms with E-state index in [4.69, 9.17) is 17.2 Å². The van der Waals surface area contributed by atoms with Crippen LogP contribution in [0.25, 0.3) is 0 Å². The number of rotatable bonds is 17. The van der Waals surface area contributed by atoms with E-state index in [1.165, 1.54) is 0 Å². The molecule has 1 rings (SSSR count). The Labute approximate surface area is 213 Å². The molecule has 0 aliphatic rings. The maximum Gasteiger partial charge on any atom is 0.326 e. The van der Waals surface area contributed by atoms with Crippen LogP contribution in [-0.4, -0.2) is 76.5 Å². The van der Waals surface area contributed by atoms with Crippen LogP contribution < -0.4 is 33.2 Å². The number of carbonyl (C=O) groups excluding carboxylic acids is 4. The number of carboxylic acid groups (broad SMARTS) is 2. The zero-order chi connectivity index (χ0) is 28.0. The molecule has 0 heterocycles. The first-order valence-corrected chi connectivity index (χ1v) is 11.6. The summed E-state index contributed by atoms with van der Waals surface area (Å²) in [5.41, 5.74) is 16.7. The van der Waals surface area contributed by atoms with E-state index in [9.17, 15) is 39.0 Å². The summed E-state index contributed by atoms with van der Waals surface area (Å²) >= 11 is 0. The minimum atomic E-state index is -1.64. The summed E-state index contributed by atoms with van der Waals surface area (Å²) in [6.45, 7) is 0.311. The highest BCUT2D eigenvalue weighted by Gasteiger charge is 2.31. The minimum absolute atomic E-state index is 0.0746. The van der Waals surface area contributed by atoms with Crippen LogP contribution in [0.5, 0.6) is 0 Å². The van der Waals surface area contributed by atoms with E-state index in [0.29, 0.717) is 24.9 Å². The third-order valence-corrected chi connectivity index (χ3v) is 5.25. The van der Waals surface area contributed by atoms with E-state index in [1.54, 1.807) is 30.3 Å². The number of benzene rings is 1. The van der Waals surface area contributed by atoms with Crippen LogP contribution in [0.2, 0.25) is 0 Å². The zero-order valence-corrected chi connectivity index (χ0v) is 20.2. The lowest BCUT2D eigenvalue weighted by atomic mass is 10.0. The molecule has 1 aromatic rings. The highest BCUT2D eigenvalue weighted by atomic mass is 16.4. The molecule has 0 aromatic heterocycles. The molecule has 0 spiro atoms. The van der Waals surface area contributed by atoms with Gasteiger partial charge in [0.05, 0.1) is 18.9 Å². The molecular formula is C23H34N6O8. The van der Waals surface area contributed by atoms with Crippen molar-refractivity contribution >= 4 is 35.6 Å². The third-order valence-electron chi connectivity index (χ3n) is 5.25. The second-order valence-corrected chi connectivity index (χ2v) is 8.37. The smallest absolute Gasteiger partial charge is 0.326 e. The first-order chi connectivity index (χ1) is 17.4. The van der Waals surface area contributed by atoms with Crippen molar-refractivity contribution < 1.29 is 39.0 Å². The van der Waals surface area contributed by atoms with Crippen molar-refractivity contribution in [1.82, 2.24) is 16.0 Å². The fraction of sp³-hybridized carbons (Fsp3) is 0.478. The molecule has 0 bridgehead atoms. The number of hydrogen-bond acceptors (Lipinski definition) is 8. The van der Waals surface area contributed by atoms with Crippen LogP contribution in [0, 0.1) is 0 Å². The van der Waals surface area contributed by atoms with E-state index in [-0.39, 0.29) is 12.8 Å². The van der Waals surface area contributed by atoms with Crippen molar-refractivity contribution in [3.63, 3.8) is 0 Å². The Kier molecular flexibility index (Phi) is 13.3. The van der Waals surface area contributed by atoms with Crippen LogP contribution >= 0.6 is 0 Å². The van der Waals surface area contributed by atoms with Crippen LogP contribution in [0.4, 0.5) is 0 Å². The van der Waals surface area contributed by atoms with Crippen LogP contribution in [0.3, 0.4) is 0 Å². The lowest BCUT2D eigenvalue weighted by molar-refractivity contribution is -0.143. The second-order valence-electron chi connectivity index (χ2n) is 8.37. The van der Waals surface area contributed by atoms with Gasteiger partial charge < -0.3 is 43.4 Å². The van der Waals surface area contributed by atoms with Gasteiger partial charge >= 0.3 is 11.9 Å². The Balaban J connectivity index is 3.01. The standard InChI is InChI=1S/C23H34N6O8/c24-9-5-4-8-15(27-20(33)14(25)11-18(26)30)21(34)28-16(12-19(31)32)22(35)29-17(23(36)37)10-13-6-2-1-3-7-13/h1-3,6-7,14-17H,4-5,8-12,24-25H2,(H2,26,30)(H,27,33)(H,28,34)(H,29,35)(H,31,32)(H,36,37). The predicted molar refractivity (Wildman–Crippen MR) is 131 cm³/mol. The molecule has 204 valence electrons. The van der Waals surface area contributed by atoms with Gasteiger partial charge in [-0.15, -0.1) is 0 Å². The number of nitrogens with two attached hydrogens (primary N) is 3. The topological polar surface area (TPSA) is 257 Å². The lowest BCUT2D eigenvalue weighted by Crippen LogP contribution is -2.57. The monoisotopic (exact) mass is 522 g/mol. The molecule has 11 N–H and O–H groups in total. The van der Waals surface area contributed by atoms with E-state index in [0.717, 1.165) is 0 Å². The minimum Gasteiger partial charge on any atom is -0.481 e. The summed E-state index contributed by atoms with van der Waals surface area (Å²) in [4.78, 5) is 72.2. The number of primary amides is 1. The summed E-state index contributed by atoms with van der Waals surface area (Å²) in [6, 6.07) is 2.85. The summed E-state index contributed by atoms with van der Waals surface area (Å²) in [7, 11) is 0. The summed E-state index contributed by atoms with van der Waals surface area (Å²) < 4.78 is 0. The van der Waals surface area contributed by atoms with Crippen LogP contribution in [0.1, 0.15) is 37.7 Å². The van der Waals surface area contributed by atoms with Gasteiger partial charge in [-0.2, -0.15) is 0 Å². The molecule has 4 unspecified atom stereocenters. The number of amides is 4. The average Bonchev–Trinajstić information content (AvgIpc) is 2.82. The lowest BCUT2D eigenvalue weighted by Gasteiger charge is -2.24. The highest BCUT2D eigenvalue weighted by molar-refractivity contribution is 5.96. The number of hydrogen-bond donors (Lipinski definition) is 8. The molecule has 37 heavy (non-hydrogen) atoms. The summed E-state index contributed by atoms with van der Waals surface area (Å²) in [6.07, 6.45) is -0.416. The number of nitrogens with one attached hydrogen (secondary N) is 3. The summed E-state index contributed by atoms with van der Waals surface area (Å²) in [5.74, 6) is -6.38. The van der Waals surface area contributed by atoms with E-state index in [1.807, 2.05) is 0 Å². The van der Waals surface area contributed by atoms with Gasteiger partial charge in [-0.1, -0.05) is 30.3 Å². The molecule has 14 heteroatoms. The molecule has 0 radical (unpaired) electrons. The molecule has 14 nitrogen and oxygen atoms in total. The number of unbranched alkanes of at least 4 members (excludes halogenated alkanes) is 1. The first-order valence-electron chi connectivity index (χ1n) is 11.6. The normalized spacial score (nSPS) is 13.9. The molecule has 4 atom stereocenters. The molecule has 4 amide bonds. The van der Waals surface area contributed by atoms with Gasteiger partial charge in [0.15, 0.2) is 0 Å². The molecular weight excluding hydrogens is 488 g/mol. The number of carbonyl (C=O) groups is 6. The zero-order valence-electron chi connectivity index (χ0n) is 20.2. The third kappa shape index (κ3) is 12.0. The Morgan fingerprint density at radius 2 is 1.35 bits per heavy atom. The van der Waals surface area contributed by atoms with E-state index in [2.05, 4.69) is 16.0 Å². The van der Waals surface area contributed by atoms with Crippen molar-refractivity contribution in [2.45, 2.75) is 62.7 Å². The molecule has 0 aliphatic heterocycles. The van der Waals surface area contributed by atoms with Gasteiger partial charge in [0, 0.05) is 6.42 Å². The van der Waals surface area contributed by atoms with Crippen LogP contribution in [0.15, 0.2) is 30.3 Å². The van der Waals surface area contributed by atoms with E-state index >= 15 is 0 Å². The predicted octanol–water partition coefficient (Wildman–Crippen LogP) is -2.43. The Bertz CT molecular complexity index is 958. The molecule has 1 aromatic carbocycles. The number of carboxylic acids is 2. The SMILES string of the molecule is NCCCCC(NC(=O)C(N)CC(N)=O)C(=O)NC(CC(=O)O)C(=O)NC(Cc1ccccc1)C(=O)O. The Morgan fingerprint density at radius 1 is 0.784 bits per heavy atom. The largest absolute Gasteiger partial charge is 0.481 e. The summed E-state index contributed by atoms with van der Waals surface area (Å²) in [5, 5.41) is 25.7. The first kappa shape index (κ1) is 31.0. The Morgan fingerprint density at radius 3 is 1.89 bits per heavy atom. The van der Waals surface area contributed by atoms with Crippen molar-refractivity contribution in [2.75, 3.05) is 6.54 Å². The van der Waals surface area contributed by atoms with Crippen molar-refractivity contribution in [2.24, 2.45) is 17.2 Å². The van der Waals surface area contributed by atoms with E-state index < -0.39 is 72.6 Å². The van der Waals surface area contributed by atoms with Gasteiger partial charge in [0.2, 0.25) is 23.6 Å². The van der Waals surface area contributed by atoms with Crippen molar-refractivity contribution in [3.8, 4) is 0 Å². The van der Waals surface area contributed by atoms with Crippen molar-refractivity contribution in [3.05, 3.63) is 35.9 Å². The quantitative estimate of drug-likeness (QED) is 0.100. The van der Waals surface area contributed by atoms with Gasteiger partial charge in [-0.05, 0) is 31.4 Å². The number of aliphatic carboxylic acids is 2. The Hall–Kier alpha value is -4.04. The molecule has 0 aliphatic carbocycles. The van der Waals surface area contributed by atoms with Crippen LogP contribution in [-0.2, 0) is 35.2 Å².